The summed E-state index contributed by atoms with van der Waals surface area (Å²) in [4.78, 5) is 6.58. The van der Waals surface area contributed by atoms with Crippen LogP contribution < -0.4 is 10.6 Å². The Kier molecular flexibility index (Phi) is 2.48. The van der Waals surface area contributed by atoms with Crippen LogP contribution in [0.4, 0.5) is 11.5 Å². The van der Waals surface area contributed by atoms with E-state index in [-0.39, 0.29) is 5.84 Å². The number of pyridine rings is 1. The van der Waals surface area contributed by atoms with Crippen LogP contribution in [0.5, 0.6) is 0 Å². The number of nitrogens with two attached hydrogens (primary N) is 1. The largest absolute Gasteiger partial charge is 0.384 e. The third kappa shape index (κ3) is 1.72. The fourth-order valence-electron chi connectivity index (χ4n) is 2.28. The first kappa shape index (κ1) is 10.8. The van der Waals surface area contributed by atoms with Crippen LogP contribution >= 0.6 is 0 Å². The number of anilines is 2. The highest BCUT2D eigenvalue weighted by molar-refractivity contribution is 5.94. The van der Waals surface area contributed by atoms with Crippen molar-refractivity contribution in [3.63, 3.8) is 0 Å². The van der Waals surface area contributed by atoms with Gasteiger partial charge in [0.25, 0.3) is 0 Å². The number of hydrogen-bond donors (Lipinski definition) is 2. The van der Waals surface area contributed by atoms with Crippen LogP contribution in [0.25, 0.3) is 0 Å². The van der Waals surface area contributed by atoms with Crippen molar-refractivity contribution in [2.75, 3.05) is 11.4 Å². The first-order chi connectivity index (χ1) is 8.75. The molecule has 0 spiro atoms. The molecule has 1 aromatic carbocycles. The molecular formula is C14H14N4. The number of benzene rings is 1. The minimum atomic E-state index is 0.0517. The van der Waals surface area contributed by atoms with E-state index in [1.807, 2.05) is 18.2 Å². The van der Waals surface area contributed by atoms with Gasteiger partial charge in [0.05, 0.1) is 0 Å². The maximum atomic E-state index is 7.36. The second-order valence-electron chi connectivity index (χ2n) is 4.35. The molecule has 0 unspecified atom stereocenters. The number of nitrogens with zero attached hydrogens (tertiary/aromatic N) is 2. The van der Waals surface area contributed by atoms with Gasteiger partial charge in [-0.25, -0.2) is 4.98 Å². The fourth-order valence-corrected chi connectivity index (χ4v) is 2.28. The Morgan fingerprint density at radius 2 is 2.06 bits per heavy atom. The van der Waals surface area contributed by atoms with Crippen molar-refractivity contribution in [2.24, 2.45) is 5.73 Å². The van der Waals surface area contributed by atoms with E-state index in [9.17, 15) is 0 Å². The SMILES string of the molecule is N=C(N)c1ccc(N2CCc3ccccc32)nc1. The normalized spacial score (nSPS) is 13.4. The lowest BCUT2D eigenvalue weighted by Gasteiger charge is -2.18. The minimum absolute atomic E-state index is 0.0517. The molecule has 4 heteroatoms. The van der Waals surface area contributed by atoms with Gasteiger partial charge in [0.15, 0.2) is 0 Å². The molecular weight excluding hydrogens is 224 g/mol. The Labute approximate surface area is 106 Å². The van der Waals surface area contributed by atoms with E-state index >= 15 is 0 Å². The fraction of sp³-hybridized carbons (Fsp3) is 0.143. The number of aromatic nitrogens is 1. The average Bonchev–Trinajstić information content (AvgIpc) is 2.82. The summed E-state index contributed by atoms with van der Waals surface area (Å²) in [6.07, 6.45) is 2.70. The van der Waals surface area contributed by atoms with Crippen LogP contribution in [-0.2, 0) is 6.42 Å². The Balaban J connectivity index is 1.95. The zero-order chi connectivity index (χ0) is 12.5. The summed E-state index contributed by atoms with van der Waals surface area (Å²) < 4.78 is 0. The summed E-state index contributed by atoms with van der Waals surface area (Å²) in [5.74, 6) is 0.959. The molecule has 0 bridgehead atoms. The van der Waals surface area contributed by atoms with Gasteiger partial charge in [-0.2, -0.15) is 0 Å². The van der Waals surface area contributed by atoms with Crippen LogP contribution in [0.3, 0.4) is 0 Å². The topological polar surface area (TPSA) is 66.0 Å². The highest BCUT2D eigenvalue weighted by Crippen LogP contribution is 2.32. The van der Waals surface area contributed by atoms with Crippen molar-refractivity contribution in [3.05, 3.63) is 53.7 Å². The molecule has 1 aliphatic heterocycles. The molecule has 2 heterocycles. The van der Waals surface area contributed by atoms with Crippen molar-refractivity contribution >= 4 is 17.3 Å². The molecule has 0 saturated heterocycles. The Morgan fingerprint density at radius 1 is 1.22 bits per heavy atom. The quantitative estimate of drug-likeness (QED) is 0.621. The summed E-state index contributed by atoms with van der Waals surface area (Å²) >= 11 is 0. The zero-order valence-electron chi connectivity index (χ0n) is 9.93. The van der Waals surface area contributed by atoms with Crippen molar-refractivity contribution in [3.8, 4) is 0 Å². The maximum Gasteiger partial charge on any atom is 0.132 e. The third-order valence-electron chi connectivity index (χ3n) is 3.22. The molecule has 0 radical (unpaired) electrons. The Bertz CT molecular complexity index is 589. The van der Waals surface area contributed by atoms with E-state index in [1.165, 1.54) is 11.3 Å². The number of hydrogen-bond acceptors (Lipinski definition) is 3. The molecule has 0 fully saturated rings. The maximum absolute atomic E-state index is 7.36. The average molecular weight is 238 g/mol. The van der Waals surface area contributed by atoms with Gasteiger partial charge in [0, 0.05) is 24.0 Å². The summed E-state index contributed by atoms with van der Waals surface area (Å²) in [6, 6.07) is 12.1. The second-order valence-corrected chi connectivity index (χ2v) is 4.35. The molecule has 18 heavy (non-hydrogen) atoms. The highest BCUT2D eigenvalue weighted by atomic mass is 15.2. The van der Waals surface area contributed by atoms with Gasteiger partial charge in [0.2, 0.25) is 0 Å². The first-order valence-electron chi connectivity index (χ1n) is 5.91. The molecule has 4 nitrogen and oxygen atoms in total. The molecule has 1 aromatic heterocycles. The standard InChI is InChI=1S/C14H14N4/c15-14(16)11-5-6-13(17-9-11)18-8-7-10-3-1-2-4-12(10)18/h1-6,9H,7-8H2,(H3,15,16). The third-order valence-corrected chi connectivity index (χ3v) is 3.22. The molecule has 0 amide bonds. The van der Waals surface area contributed by atoms with Gasteiger partial charge in [-0.15, -0.1) is 0 Å². The Morgan fingerprint density at radius 3 is 2.78 bits per heavy atom. The number of nitrogen functional groups attached to an aromatic ring is 1. The van der Waals surface area contributed by atoms with Crippen molar-refractivity contribution in [2.45, 2.75) is 6.42 Å². The number of rotatable bonds is 2. The second kappa shape index (κ2) is 4.14. The molecule has 0 saturated carbocycles. The van der Waals surface area contributed by atoms with Gasteiger partial charge in [-0.05, 0) is 30.2 Å². The van der Waals surface area contributed by atoms with Gasteiger partial charge >= 0.3 is 0 Å². The lowest BCUT2D eigenvalue weighted by molar-refractivity contribution is 0.973. The van der Waals surface area contributed by atoms with E-state index in [1.54, 1.807) is 6.20 Å². The van der Waals surface area contributed by atoms with E-state index in [2.05, 4.69) is 28.1 Å². The van der Waals surface area contributed by atoms with Crippen molar-refractivity contribution in [1.29, 1.82) is 5.41 Å². The Hall–Kier alpha value is -2.36. The van der Waals surface area contributed by atoms with Crippen LogP contribution in [0.15, 0.2) is 42.6 Å². The molecule has 0 aliphatic carbocycles. The summed E-state index contributed by atoms with van der Waals surface area (Å²) in [6.45, 7) is 0.950. The number of fused-ring (bicyclic) bond motifs is 1. The molecule has 90 valence electrons. The van der Waals surface area contributed by atoms with Crippen LogP contribution in [0, 0.1) is 5.41 Å². The van der Waals surface area contributed by atoms with Gasteiger partial charge in [-0.3, -0.25) is 5.41 Å². The monoisotopic (exact) mass is 238 g/mol. The first-order valence-corrected chi connectivity index (χ1v) is 5.91. The van der Waals surface area contributed by atoms with E-state index in [0.29, 0.717) is 5.56 Å². The lowest BCUT2D eigenvalue weighted by atomic mass is 10.2. The zero-order valence-corrected chi connectivity index (χ0v) is 9.93. The van der Waals surface area contributed by atoms with Gasteiger partial charge in [0.1, 0.15) is 11.7 Å². The summed E-state index contributed by atoms with van der Waals surface area (Å²) in [5, 5.41) is 7.36. The number of nitrogens with one attached hydrogen (secondary N) is 1. The minimum Gasteiger partial charge on any atom is -0.384 e. The van der Waals surface area contributed by atoms with Crippen LogP contribution in [-0.4, -0.2) is 17.4 Å². The molecule has 3 N–H and O–H groups in total. The summed E-state index contributed by atoms with van der Waals surface area (Å²) in [5.41, 5.74) is 8.66. The molecule has 3 rings (SSSR count). The highest BCUT2D eigenvalue weighted by Gasteiger charge is 2.20. The van der Waals surface area contributed by atoms with Gasteiger partial charge < -0.3 is 10.6 Å². The van der Waals surface area contributed by atoms with E-state index in [4.69, 9.17) is 11.1 Å². The van der Waals surface area contributed by atoms with E-state index in [0.717, 1.165) is 18.8 Å². The summed E-state index contributed by atoms with van der Waals surface area (Å²) in [7, 11) is 0. The van der Waals surface area contributed by atoms with Crippen molar-refractivity contribution < 1.29 is 0 Å². The number of para-hydroxylation sites is 1. The van der Waals surface area contributed by atoms with Crippen molar-refractivity contribution in [1.82, 2.24) is 4.98 Å². The van der Waals surface area contributed by atoms with Crippen LogP contribution in [0.2, 0.25) is 0 Å². The van der Waals surface area contributed by atoms with Crippen LogP contribution in [0.1, 0.15) is 11.1 Å². The lowest BCUT2D eigenvalue weighted by Crippen LogP contribution is -2.16. The predicted molar refractivity (Wildman–Crippen MR) is 72.4 cm³/mol. The predicted octanol–water partition coefficient (Wildman–Crippen LogP) is 2.06. The molecule has 1 aliphatic rings. The molecule has 0 atom stereocenters. The van der Waals surface area contributed by atoms with Gasteiger partial charge in [-0.1, -0.05) is 18.2 Å². The smallest absolute Gasteiger partial charge is 0.132 e. The number of amidine groups is 1. The molecule has 2 aromatic rings. The van der Waals surface area contributed by atoms with E-state index < -0.39 is 0 Å².